The minimum atomic E-state index is -0.301. The summed E-state index contributed by atoms with van der Waals surface area (Å²) in [6.45, 7) is 2.14. The second-order valence-corrected chi connectivity index (χ2v) is 8.84. The number of esters is 1. The maximum atomic E-state index is 12.3. The first-order valence-corrected chi connectivity index (χ1v) is 11.4. The Bertz CT molecular complexity index is 762. The molecular formula is C24H34O6. The lowest BCUT2D eigenvalue weighted by atomic mass is 9.98. The average Bonchev–Trinajstić information content (AvgIpc) is 3.41. The fourth-order valence-corrected chi connectivity index (χ4v) is 5.07. The first-order chi connectivity index (χ1) is 14.5. The van der Waals surface area contributed by atoms with Crippen molar-refractivity contribution in [1.29, 1.82) is 0 Å². The van der Waals surface area contributed by atoms with Gasteiger partial charge in [-0.3, -0.25) is 0 Å². The number of unbranched alkanes of at least 4 members (excludes halogenated alkanes) is 3. The number of cyclic esters (lactones) is 1. The van der Waals surface area contributed by atoms with E-state index in [9.17, 15) is 4.79 Å². The van der Waals surface area contributed by atoms with Crippen molar-refractivity contribution in [2.45, 2.75) is 95.2 Å². The van der Waals surface area contributed by atoms with Crippen LogP contribution in [0, 0.1) is 0 Å². The van der Waals surface area contributed by atoms with Gasteiger partial charge in [0.05, 0.1) is 26.4 Å². The average molecular weight is 419 g/mol. The molecule has 0 amide bonds. The van der Waals surface area contributed by atoms with Gasteiger partial charge >= 0.3 is 5.97 Å². The molecule has 0 bridgehead atoms. The molecule has 0 saturated carbocycles. The first-order valence-electron chi connectivity index (χ1n) is 11.4. The normalized spacial score (nSPS) is 30.0. The van der Waals surface area contributed by atoms with Crippen molar-refractivity contribution in [3.05, 3.63) is 23.3 Å². The molecule has 0 N–H and O–H groups in total. The molecule has 2 fully saturated rings. The zero-order chi connectivity index (χ0) is 21.1. The summed E-state index contributed by atoms with van der Waals surface area (Å²) < 4.78 is 28.6. The standard InChI is InChI=1S/C24H34O6/c1-16-10-12-24(29-16)13-11-17(30-24)8-6-4-5-7-9-20-19-14-18(26-2)15-21(27-3)22(19)23(25)28-20/h14-17,20H,4-13H2,1-3H3/t16-,17+,20+,24+/m0/s1. The van der Waals surface area contributed by atoms with Crippen molar-refractivity contribution >= 4 is 5.97 Å². The van der Waals surface area contributed by atoms with Gasteiger partial charge in [-0.05, 0) is 45.1 Å². The molecule has 4 rings (SSSR count). The van der Waals surface area contributed by atoms with Crippen molar-refractivity contribution in [3.63, 3.8) is 0 Å². The molecule has 2 saturated heterocycles. The number of ether oxygens (including phenoxy) is 5. The van der Waals surface area contributed by atoms with Crippen LogP contribution in [0.2, 0.25) is 0 Å². The van der Waals surface area contributed by atoms with E-state index in [1.54, 1.807) is 20.3 Å². The monoisotopic (exact) mass is 418 g/mol. The number of carbonyl (C=O) groups is 1. The lowest BCUT2D eigenvalue weighted by molar-refractivity contribution is -0.214. The predicted octanol–water partition coefficient (Wildman–Crippen LogP) is 5.33. The molecule has 1 spiro atoms. The van der Waals surface area contributed by atoms with Crippen LogP contribution in [0.15, 0.2) is 12.1 Å². The van der Waals surface area contributed by atoms with Crippen LogP contribution < -0.4 is 9.47 Å². The molecule has 166 valence electrons. The van der Waals surface area contributed by atoms with Crippen LogP contribution in [0.4, 0.5) is 0 Å². The van der Waals surface area contributed by atoms with Crippen molar-refractivity contribution in [1.82, 2.24) is 0 Å². The van der Waals surface area contributed by atoms with E-state index in [4.69, 9.17) is 23.7 Å². The number of carbonyl (C=O) groups excluding carboxylic acids is 1. The van der Waals surface area contributed by atoms with Gasteiger partial charge in [0, 0.05) is 24.5 Å². The van der Waals surface area contributed by atoms with E-state index in [0.717, 1.165) is 56.9 Å². The quantitative estimate of drug-likeness (QED) is 0.399. The number of hydrogen-bond acceptors (Lipinski definition) is 6. The highest BCUT2D eigenvalue weighted by atomic mass is 16.7. The van der Waals surface area contributed by atoms with Gasteiger partial charge in [-0.15, -0.1) is 0 Å². The maximum absolute atomic E-state index is 12.3. The molecule has 3 aliphatic heterocycles. The van der Waals surface area contributed by atoms with Gasteiger partial charge in [-0.2, -0.15) is 0 Å². The van der Waals surface area contributed by atoms with Crippen LogP contribution in [-0.2, 0) is 14.2 Å². The number of hydrogen-bond donors (Lipinski definition) is 0. The third-order valence-corrected chi connectivity index (χ3v) is 6.68. The van der Waals surface area contributed by atoms with Crippen LogP contribution in [0.1, 0.15) is 93.2 Å². The highest BCUT2D eigenvalue weighted by molar-refractivity contribution is 5.97. The molecule has 1 aromatic rings. The van der Waals surface area contributed by atoms with Gasteiger partial charge in [0.25, 0.3) is 0 Å². The second-order valence-electron chi connectivity index (χ2n) is 8.84. The largest absolute Gasteiger partial charge is 0.497 e. The summed E-state index contributed by atoms with van der Waals surface area (Å²) in [6, 6.07) is 3.63. The smallest absolute Gasteiger partial charge is 0.342 e. The van der Waals surface area contributed by atoms with Crippen molar-refractivity contribution in [2.24, 2.45) is 0 Å². The second kappa shape index (κ2) is 9.15. The van der Waals surface area contributed by atoms with Crippen molar-refractivity contribution in [2.75, 3.05) is 14.2 Å². The van der Waals surface area contributed by atoms with Crippen LogP contribution in [-0.4, -0.2) is 38.2 Å². The van der Waals surface area contributed by atoms with Gasteiger partial charge in [-0.1, -0.05) is 19.3 Å². The van der Waals surface area contributed by atoms with E-state index in [1.807, 2.05) is 6.07 Å². The Labute approximate surface area is 179 Å². The Morgan fingerprint density at radius 2 is 1.77 bits per heavy atom. The SMILES string of the molecule is COc1cc(OC)c2c(c1)[C@@H](CCCCCC[C@@H]1CC[C@@]3(CC[C@H](C)O3)O1)OC2=O. The number of rotatable bonds is 9. The van der Waals surface area contributed by atoms with Gasteiger partial charge in [0.1, 0.15) is 23.2 Å². The summed E-state index contributed by atoms with van der Waals surface area (Å²) in [4.78, 5) is 12.3. The molecule has 0 unspecified atom stereocenters. The van der Waals surface area contributed by atoms with Gasteiger partial charge < -0.3 is 23.7 Å². The summed E-state index contributed by atoms with van der Waals surface area (Å²) in [5.41, 5.74) is 1.42. The highest BCUT2D eigenvalue weighted by Gasteiger charge is 2.45. The Morgan fingerprint density at radius 3 is 2.47 bits per heavy atom. The molecule has 30 heavy (non-hydrogen) atoms. The summed E-state index contributed by atoms with van der Waals surface area (Å²) >= 11 is 0. The fourth-order valence-electron chi connectivity index (χ4n) is 5.07. The van der Waals surface area contributed by atoms with Crippen LogP contribution >= 0.6 is 0 Å². The first kappa shape index (κ1) is 21.4. The summed E-state index contributed by atoms with van der Waals surface area (Å²) in [5, 5.41) is 0. The van der Waals surface area contributed by atoms with Gasteiger partial charge in [-0.25, -0.2) is 4.79 Å². The van der Waals surface area contributed by atoms with Crippen LogP contribution in [0.25, 0.3) is 0 Å². The zero-order valence-electron chi connectivity index (χ0n) is 18.4. The number of benzene rings is 1. The minimum Gasteiger partial charge on any atom is -0.497 e. The Morgan fingerprint density at radius 1 is 1.00 bits per heavy atom. The van der Waals surface area contributed by atoms with E-state index in [2.05, 4.69) is 6.92 Å². The fraction of sp³-hybridized carbons (Fsp3) is 0.708. The number of fused-ring (bicyclic) bond motifs is 1. The minimum absolute atomic E-state index is 0.212. The molecule has 6 heteroatoms. The van der Waals surface area contributed by atoms with Crippen molar-refractivity contribution in [3.8, 4) is 11.5 Å². The Balaban J connectivity index is 1.19. The lowest BCUT2D eigenvalue weighted by Gasteiger charge is -2.24. The van der Waals surface area contributed by atoms with Crippen molar-refractivity contribution < 1.29 is 28.5 Å². The van der Waals surface area contributed by atoms with E-state index >= 15 is 0 Å². The summed E-state index contributed by atoms with van der Waals surface area (Å²) in [7, 11) is 3.17. The Kier molecular flexibility index (Phi) is 6.54. The summed E-state index contributed by atoms with van der Waals surface area (Å²) in [5.74, 6) is 0.632. The number of methoxy groups -OCH3 is 2. The van der Waals surface area contributed by atoms with Gasteiger partial charge in [0.15, 0.2) is 5.79 Å². The zero-order valence-corrected chi connectivity index (χ0v) is 18.4. The maximum Gasteiger partial charge on any atom is 0.342 e. The van der Waals surface area contributed by atoms with E-state index < -0.39 is 0 Å². The molecule has 4 atom stereocenters. The highest BCUT2D eigenvalue weighted by Crippen LogP contribution is 2.43. The molecular weight excluding hydrogens is 384 g/mol. The summed E-state index contributed by atoms with van der Waals surface area (Å²) in [6.07, 6.45) is 11.2. The molecule has 0 aliphatic carbocycles. The molecule has 3 aliphatic rings. The Hall–Kier alpha value is -1.79. The third-order valence-electron chi connectivity index (χ3n) is 6.68. The van der Waals surface area contributed by atoms with E-state index in [1.165, 1.54) is 12.8 Å². The van der Waals surface area contributed by atoms with E-state index in [-0.39, 0.29) is 17.9 Å². The molecule has 1 aromatic carbocycles. The molecule has 3 heterocycles. The topological polar surface area (TPSA) is 63.2 Å². The molecule has 0 aromatic heterocycles. The van der Waals surface area contributed by atoms with Crippen LogP contribution in [0.3, 0.4) is 0 Å². The molecule has 0 radical (unpaired) electrons. The van der Waals surface area contributed by atoms with E-state index in [0.29, 0.717) is 29.3 Å². The lowest BCUT2D eigenvalue weighted by Crippen LogP contribution is -2.28. The third kappa shape index (κ3) is 4.45. The van der Waals surface area contributed by atoms with Crippen LogP contribution in [0.5, 0.6) is 11.5 Å². The predicted molar refractivity (Wildman–Crippen MR) is 112 cm³/mol. The molecule has 6 nitrogen and oxygen atoms in total. The van der Waals surface area contributed by atoms with Gasteiger partial charge in [0.2, 0.25) is 0 Å².